The number of nitrogen functional groups attached to an aromatic ring is 1. The van der Waals surface area contributed by atoms with Gasteiger partial charge in [0, 0.05) is 0 Å². The van der Waals surface area contributed by atoms with Crippen LogP contribution < -0.4 is 10.5 Å². The second-order valence-electron chi connectivity index (χ2n) is 2.90. The van der Waals surface area contributed by atoms with Crippen LogP contribution in [-0.2, 0) is 0 Å². The van der Waals surface area contributed by atoms with Gasteiger partial charge in [-0.2, -0.15) is 0 Å². The number of esters is 1. The number of benzene rings is 1. The van der Waals surface area contributed by atoms with Gasteiger partial charge in [0.15, 0.2) is 0 Å². The highest BCUT2D eigenvalue weighted by Crippen LogP contribution is 2.16. The number of hydrogen-bond acceptors (Lipinski definition) is 4. The zero-order valence-corrected chi connectivity index (χ0v) is 7.84. The monoisotopic (exact) mass is 203 g/mol. The summed E-state index contributed by atoms with van der Waals surface area (Å²) < 4.78 is 9.86. The highest BCUT2D eigenvalue weighted by atomic mass is 16.5. The van der Waals surface area contributed by atoms with Crippen molar-refractivity contribution in [2.24, 2.45) is 0 Å². The van der Waals surface area contributed by atoms with E-state index in [1.54, 1.807) is 24.3 Å². The Kier molecular flexibility index (Phi) is 2.41. The number of ether oxygens (including phenoxy) is 1. The minimum atomic E-state index is -0.521. The molecule has 0 amide bonds. The Labute approximate surface area is 86.3 Å². The minimum Gasteiger partial charge on any atom is -0.448 e. The third-order valence-corrected chi connectivity index (χ3v) is 1.87. The number of nitrogens with two attached hydrogens (primary N) is 1. The molecule has 0 atom stereocenters. The maximum Gasteiger partial charge on any atom is 0.349 e. The summed E-state index contributed by atoms with van der Waals surface area (Å²) in [7, 11) is 0. The number of rotatable bonds is 2. The second-order valence-corrected chi connectivity index (χ2v) is 2.90. The highest BCUT2D eigenvalue weighted by molar-refractivity contribution is 5.95. The molecule has 0 spiro atoms. The van der Waals surface area contributed by atoms with Gasteiger partial charge >= 0.3 is 5.97 Å². The smallest absolute Gasteiger partial charge is 0.349 e. The predicted octanol–water partition coefficient (Wildman–Crippen LogP) is 2.08. The number of carbonyl (C=O) groups excluding carboxylic acids is 1. The molecule has 0 unspecified atom stereocenters. The molecule has 15 heavy (non-hydrogen) atoms. The first-order chi connectivity index (χ1) is 7.27. The molecule has 4 heteroatoms. The first-order valence-electron chi connectivity index (χ1n) is 4.37. The van der Waals surface area contributed by atoms with Crippen molar-refractivity contribution in [1.82, 2.24) is 0 Å². The highest BCUT2D eigenvalue weighted by Gasteiger charge is 2.14. The fourth-order valence-corrected chi connectivity index (χ4v) is 1.14. The molecule has 2 rings (SSSR count). The maximum absolute atomic E-state index is 11.5. The molecule has 0 aliphatic rings. The van der Waals surface area contributed by atoms with Gasteiger partial charge in [0.2, 0.25) is 5.88 Å². The van der Waals surface area contributed by atoms with Crippen LogP contribution in [0.3, 0.4) is 0 Å². The summed E-state index contributed by atoms with van der Waals surface area (Å²) in [6.07, 6.45) is 1.34. The molecule has 1 aromatic heterocycles. The summed E-state index contributed by atoms with van der Waals surface area (Å²) in [5.74, 6) is 0.0199. The number of furan rings is 1. The van der Waals surface area contributed by atoms with Crippen LogP contribution in [0.2, 0.25) is 0 Å². The Morgan fingerprint density at radius 3 is 2.53 bits per heavy atom. The fraction of sp³-hybridized carbons (Fsp3) is 0. The van der Waals surface area contributed by atoms with Crippen LogP contribution in [0.15, 0.2) is 47.1 Å². The Balaban J connectivity index is 2.15. The van der Waals surface area contributed by atoms with E-state index >= 15 is 0 Å². The van der Waals surface area contributed by atoms with E-state index in [-0.39, 0.29) is 11.4 Å². The van der Waals surface area contributed by atoms with Crippen molar-refractivity contribution in [3.63, 3.8) is 0 Å². The van der Waals surface area contributed by atoms with E-state index in [0.29, 0.717) is 5.75 Å². The largest absolute Gasteiger partial charge is 0.448 e. The Morgan fingerprint density at radius 2 is 1.93 bits per heavy atom. The van der Waals surface area contributed by atoms with Crippen molar-refractivity contribution < 1.29 is 13.9 Å². The average molecular weight is 203 g/mol. The Bertz CT molecular complexity index is 462. The van der Waals surface area contributed by atoms with Crippen molar-refractivity contribution in [3.05, 3.63) is 48.2 Å². The van der Waals surface area contributed by atoms with E-state index in [0.717, 1.165) is 0 Å². The van der Waals surface area contributed by atoms with Gasteiger partial charge in [0.05, 0.1) is 6.26 Å². The summed E-state index contributed by atoms with van der Waals surface area (Å²) in [5.41, 5.74) is 5.66. The van der Waals surface area contributed by atoms with Crippen LogP contribution >= 0.6 is 0 Å². The quantitative estimate of drug-likeness (QED) is 0.599. The molecule has 2 N–H and O–H groups in total. The predicted molar refractivity (Wildman–Crippen MR) is 54.5 cm³/mol. The molecule has 76 valence electrons. The summed E-state index contributed by atoms with van der Waals surface area (Å²) >= 11 is 0. The number of hydrogen-bond donors (Lipinski definition) is 1. The van der Waals surface area contributed by atoms with Gasteiger partial charge in [0.1, 0.15) is 11.3 Å². The van der Waals surface area contributed by atoms with Crippen molar-refractivity contribution in [1.29, 1.82) is 0 Å². The first-order valence-corrected chi connectivity index (χ1v) is 4.37. The lowest BCUT2D eigenvalue weighted by molar-refractivity contribution is 0.0735. The molecular weight excluding hydrogens is 194 g/mol. The summed E-state index contributed by atoms with van der Waals surface area (Å²) in [4.78, 5) is 11.5. The van der Waals surface area contributed by atoms with Crippen molar-refractivity contribution in [2.45, 2.75) is 0 Å². The summed E-state index contributed by atoms with van der Waals surface area (Å²) in [6, 6.07) is 10.2. The molecule has 0 aliphatic heterocycles. The molecule has 2 aromatic rings. The SMILES string of the molecule is Nc1occc1C(=O)Oc1ccccc1. The molecule has 0 saturated heterocycles. The summed E-state index contributed by atoms with van der Waals surface area (Å²) in [5, 5.41) is 0. The van der Waals surface area contributed by atoms with E-state index in [1.165, 1.54) is 12.3 Å². The van der Waals surface area contributed by atoms with E-state index in [2.05, 4.69) is 0 Å². The lowest BCUT2D eigenvalue weighted by atomic mass is 10.3. The van der Waals surface area contributed by atoms with E-state index in [4.69, 9.17) is 14.9 Å². The molecule has 0 saturated carbocycles. The molecule has 0 radical (unpaired) electrons. The maximum atomic E-state index is 11.5. The zero-order chi connectivity index (χ0) is 10.7. The van der Waals surface area contributed by atoms with Crippen molar-refractivity contribution in [2.75, 3.05) is 5.73 Å². The zero-order valence-electron chi connectivity index (χ0n) is 7.84. The number of anilines is 1. The first kappa shape index (κ1) is 9.33. The molecule has 1 aromatic carbocycles. The fourth-order valence-electron chi connectivity index (χ4n) is 1.14. The van der Waals surface area contributed by atoms with Crippen molar-refractivity contribution in [3.8, 4) is 5.75 Å². The molecule has 1 heterocycles. The topological polar surface area (TPSA) is 65.5 Å². The minimum absolute atomic E-state index is 0.0657. The van der Waals surface area contributed by atoms with Crippen LogP contribution in [0.1, 0.15) is 10.4 Å². The lowest BCUT2D eigenvalue weighted by Gasteiger charge is -2.01. The molecule has 4 nitrogen and oxygen atoms in total. The Hall–Kier alpha value is -2.23. The van der Waals surface area contributed by atoms with Gasteiger partial charge in [-0.1, -0.05) is 18.2 Å². The van der Waals surface area contributed by atoms with Gasteiger partial charge in [-0.15, -0.1) is 0 Å². The molecule has 0 bridgehead atoms. The van der Waals surface area contributed by atoms with Crippen LogP contribution in [0, 0.1) is 0 Å². The van der Waals surface area contributed by atoms with E-state index in [9.17, 15) is 4.79 Å². The van der Waals surface area contributed by atoms with Gasteiger partial charge in [0.25, 0.3) is 0 Å². The number of carbonyl (C=O) groups is 1. The Morgan fingerprint density at radius 1 is 1.20 bits per heavy atom. The second kappa shape index (κ2) is 3.88. The molecule has 0 fully saturated rings. The molecular formula is C11H9NO3. The third kappa shape index (κ3) is 1.99. The lowest BCUT2D eigenvalue weighted by Crippen LogP contribution is -2.09. The van der Waals surface area contributed by atoms with Crippen molar-refractivity contribution >= 4 is 11.9 Å². The van der Waals surface area contributed by atoms with Gasteiger partial charge in [-0.3, -0.25) is 0 Å². The average Bonchev–Trinajstić information content (AvgIpc) is 2.66. The van der Waals surface area contributed by atoms with Crippen LogP contribution in [0.25, 0.3) is 0 Å². The normalized spacial score (nSPS) is 9.87. The number of para-hydroxylation sites is 1. The van der Waals surface area contributed by atoms with E-state index in [1.807, 2.05) is 6.07 Å². The van der Waals surface area contributed by atoms with Gasteiger partial charge in [-0.25, -0.2) is 4.79 Å². The van der Waals surface area contributed by atoms with Crippen LogP contribution in [0.5, 0.6) is 5.75 Å². The molecule has 0 aliphatic carbocycles. The van der Waals surface area contributed by atoms with E-state index < -0.39 is 5.97 Å². The van der Waals surface area contributed by atoms with Gasteiger partial charge < -0.3 is 14.9 Å². The van der Waals surface area contributed by atoms with Gasteiger partial charge in [-0.05, 0) is 18.2 Å². The van der Waals surface area contributed by atoms with Crippen LogP contribution in [0.4, 0.5) is 5.88 Å². The standard InChI is InChI=1S/C11H9NO3/c12-10-9(6-7-14-10)11(13)15-8-4-2-1-3-5-8/h1-7H,12H2. The summed E-state index contributed by atoms with van der Waals surface area (Å²) in [6.45, 7) is 0. The third-order valence-electron chi connectivity index (χ3n) is 1.87. The van der Waals surface area contributed by atoms with Crippen LogP contribution in [-0.4, -0.2) is 5.97 Å².